The lowest BCUT2D eigenvalue weighted by Gasteiger charge is -2.16. The van der Waals surface area contributed by atoms with Gasteiger partial charge in [0.1, 0.15) is 5.70 Å². The number of ketones is 1. The van der Waals surface area contributed by atoms with E-state index in [1.165, 1.54) is 0 Å². The van der Waals surface area contributed by atoms with Gasteiger partial charge in [0, 0.05) is 24.2 Å². The number of halogens is 1. The summed E-state index contributed by atoms with van der Waals surface area (Å²) in [6.07, 6.45) is 2.86. The van der Waals surface area contributed by atoms with Crippen LogP contribution in [0.2, 0.25) is 5.02 Å². The van der Waals surface area contributed by atoms with E-state index in [0.717, 1.165) is 18.7 Å². The fraction of sp³-hybridized carbons (Fsp3) is 0.286. The van der Waals surface area contributed by atoms with E-state index < -0.39 is 6.04 Å². The SMILES string of the molecule is [C-]#[N+]C(C(=O)c1ccc(Cl)cc1)C1=CCCN1C. The maximum atomic E-state index is 12.3. The van der Waals surface area contributed by atoms with Gasteiger partial charge in [0.05, 0.1) is 0 Å². The highest BCUT2D eigenvalue weighted by atomic mass is 35.5. The van der Waals surface area contributed by atoms with Crippen LogP contribution in [0.1, 0.15) is 16.8 Å². The fourth-order valence-corrected chi connectivity index (χ4v) is 2.17. The van der Waals surface area contributed by atoms with Crippen molar-refractivity contribution in [3.05, 3.63) is 58.0 Å². The smallest absolute Gasteiger partial charge is 0.324 e. The van der Waals surface area contributed by atoms with Crippen LogP contribution in [-0.2, 0) is 0 Å². The number of hydrogen-bond donors (Lipinski definition) is 0. The average molecular weight is 261 g/mol. The number of carbonyl (C=O) groups is 1. The van der Waals surface area contributed by atoms with Gasteiger partial charge in [0.2, 0.25) is 0 Å². The Kier molecular flexibility index (Phi) is 3.69. The number of carbonyl (C=O) groups excluding carboxylic acids is 1. The van der Waals surface area contributed by atoms with E-state index in [-0.39, 0.29) is 5.78 Å². The molecule has 0 spiro atoms. The molecule has 0 aromatic heterocycles. The van der Waals surface area contributed by atoms with Crippen molar-refractivity contribution in [3.63, 3.8) is 0 Å². The highest BCUT2D eigenvalue weighted by Gasteiger charge is 2.33. The zero-order chi connectivity index (χ0) is 13.1. The number of Topliss-reactive ketones (excluding diaryl/α,β-unsaturated/α-hetero) is 1. The second-order valence-electron chi connectivity index (χ2n) is 4.24. The van der Waals surface area contributed by atoms with E-state index in [4.69, 9.17) is 18.2 Å². The Morgan fingerprint density at radius 2 is 2.11 bits per heavy atom. The van der Waals surface area contributed by atoms with Gasteiger partial charge >= 0.3 is 6.04 Å². The van der Waals surface area contributed by atoms with Crippen molar-refractivity contribution < 1.29 is 4.79 Å². The summed E-state index contributed by atoms with van der Waals surface area (Å²) in [5.41, 5.74) is 1.34. The lowest BCUT2D eigenvalue weighted by atomic mass is 10.0. The van der Waals surface area contributed by atoms with Crippen LogP contribution in [-0.4, -0.2) is 30.3 Å². The first-order valence-electron chi connectivity index (χ1n) is 5.71. The van der Waals surface area contributed by atoms with Gasteiger partial charge in [0.25, 0.3) is 5.78 Å². The lowest BCUT2D eigenvalue weighted by Crippen LogP contribution is -2.28. The minimum Gasteiger partial charge on any atom is -0.371 e. The van der Waals surface area contributed by atoms with E-state index in [1.807, 2.05) is 18.0 Å². The van der Waals surface area contributed by atoms with Gasteiger partial charge in [-0.1, -0.05) is 17.7 Å². The van der Waals surface area contributed by atoms with E-state index >= 15 is 0 Å². The molecule has 3 nitrogen and oxygen atoms in total. The van der Waals surface area contributed by atoms with Crippen LogP contribution in [0.25, 0.3) is 4.85 Å². The molecule has 2 rings (SSSR count). The van der Waals surface area contributed by atoms with Crippen molar-refractivity contribution in [1.29, 1.82) is 0 Å². The van der Waals surface area contributed by atoms with Crippen LogP contribution in [0.5, 0.6) is 0 Å². The molecule has 1 aliphatic heterocycles. The van der Waals surface area contributed by atoms with Crippen LogP contribution < -0.4 is 0 Å². The summed E-state index contributed by atoms with van der Waals surface area (Å²) in [5.74, 6) is -0.165. The van der Waals surface area contributed by atoms with E-state index in [2.05, 4.69) is 4.85 Å². The molecule has 4 heteroatoms. The predicted molar refractivity (Wildman–Crippen MR) is 71.5 cm³/mol. The van der Waals surface area contributed by atoms with Gasteiger partial charge in [-0.05, 0) is 30.7 Å². The van der Waals surface area contributed by atoms with Gasteiger partial charge in [0.15, 0.2) is 0 Å². The van der Waals surface area contributed by atoms with E-state index in [0.29, 0.717) is 10.6 Å². The molecule has 1 aromatic rings. The van der Waals surface area contributed by atoms with Gasteiger partial charge in [-0.3, -0.25) is 9.64 Å². The molecule has 18 heavy (non-hydrogen) atoms. The van der Waals surface area contributed by atoms with Gasteiger partial charge in [-0.25, -0.2) is 6.57 Å². The van der Waals surface area contributed by atoms with Gasteiger partial charge in [-0.15, -0.1) is 0 Å². The Morgan fingerprint density at radius 3 is 2.61 bits per heavy atom. The monoisotopic (exact) mass is 260 g/mol. The summed E-state index contributed by atoms with van der Waals surface area (Å²) in [6.45, 7) is 8.12. The van der Waals surface area contributed by atoms with Crippen LogP contribution in [0, 0.1) is 6.57 Å². The number of likely N-dealkylation sites (N-methyl/N-ethyl adjacent to an activating group) is 1. The lowest BCUT2D eigenvalue weighted by molar-refractivity contribution is 0.0979. The Bertz CT molecular complexity index is 528. The second-order valence-corrected chi connectivity index (χ2v) is 4.68. The molecule has 0 bridgehead atoms. The normalized spacial score (nSPS) is 16.1. The number of hydrogen-bond acceptors (Lipinski definition) is 2. The summed E-state index contributed by atoms with van der Waals surface area (Å²) in [4.78, 5) is 17.7. The molecule has 0 saturated carbocycles. The minimum atomic E-state index is -0.737. The van der Waals surface area contributed by atoms with Crippen molar-refractivity contribution in [2.45, 2.75) is 12.5 Å². The van der Waals surface area contributed by atoms with Crippen molar-refractivity contribution in [1.82, 2.24) is 4.90 Å². The zero-order valence-electron chi connectivity index (χ0n) is 10.1. The van der Waals surface area contributed by atoms with Gasteiger partial charge < -0.3 is 4.90 Å². The largest absolute Gasteiger partial charge is 0.371 e. The molecule has 0 aliphatic carbocycles. The third kappa shape index (κ3) is 2.39. The Hall–Kier alpha value is -1.79. The third-order valence-electron chi connectivity index (χ3n) is 3.05. The molecule has 0 saturated heterocycles. The van der Waals surface area contributed by atoms with E-state index in [1.54, 1.807) is 24.3 Å². The quantitative estimate of drug-likeness (QED) is 0.616. The second kappa shape index (κ2) is 5.24. The summed E-state index contributed by atoms with van der Waals surface area (Å²) in [5, 5.41) is 0.586. The first-order valence-corrected chi connectivity index (χ1v) is 6.09. The topological polar surface area (TPSA) is 24.7 Å². The van der Waals surface area contributed by atoms with Crippen LogP contribution in [0.4, 0.5) is 0 Å². The first kappa shape index (κ1) is 12.7. The number of rotatable bonds is 3. The summed E-state index contributed by atoms with van der Waals surface area (Å²) < 4.78 is 0. The standard InChI is InChI=1S/C14H13ClN2O/c1-16-13(12-4-3-9-17(12)2)14(18)10-5-7-11(15)8-6-10/h4-8,13H,3,9H2,2H3. The Balaban J connectivity index is 2.26. The maximum absolute atomic E-state index is 12.3. The molecule has 0 N–H and O–H groups in total. The zero-order valence-corrected chi connectivity index (χ0v) is 10.8. The van der Waals surface area contributed by atoms with Crippen LogP contribution in [0.3, 0.4) is 0 Å². The van der Waals surface area contributed by atoms with E-state index in [9.17, 15) is 4.79 Å². The molecule has 0 amide bonds. The summed E-state index contributed by atoms with van der Waals surface area (Å²) in [6, 6.07) is 5.93. The highest BCUT2D eigenvalue weighted by molar-refractivity contribution is 6.30. The molecule has 1 aromatic carbocycles. The predicted octanol–water partition coefficient (Wildman–Crippen LogP) is 3.03. The average Bonchev–Trinajstić information content (AvgIpc) is 2.78. The molecule has 0 radical (unpaired) electrons. The molecular weight excluding hydrogens is 248 g/mol. The molecule has 1 heterocycles. The van der Waals surface area contributed by atoms with Crippen molar-refractivity contribution in [2.75, 3.05) is 13.6 Å². The molecule has 1 unspecified atom stereocenters. The molecule has 1 atom stereocenters. The van der Waals surface area contributed by atoms with Crippen molar-refractivity contribution in [2.24, 2.45) is 0 Å². The minimum absolute atomic E-state index is 0.165. The first-order chi connectivity index (χ1) is 8.63. The Morgan fingerprint density at radius 1 is 1.44 bits per heavy atom. The fourth-order valence-electron chi connectivity index (χ4n) is 2.04. The maximum Gasteiger partial charge on any atom is 0.324 e. The molecule has 92 valence electrons. The Labute approximate surface area is 111 Å². The molecule has 0 fully saturated rings. The molecular formula is C14H13ClN2O. The van der Waals surface area contributed by atoms with Crippen molar-refractivity contribution in [3.8, 4) is 0 Å². The molecule has 1 aliphatic rings. The highest BCUT2D eigenvalue weighted by Crippen LogP contribution is 2.22. The van der Waals surface area contributed by atoms with Crippen molar-refractivity contribution >= 4 is 17.4 Å². The number of nitrogens with zero attached hydrogens (tertiary/aromatic N) is 2. The van der Waals surface area contributed by atoms with Gasteiger partial charge in [-0.2, -0.15) is 0 Å². The third-order valence-corrected chi connectivity index (χ3v) is 3.30. The summed E-state index contributed by atoms with van der Waals surface area (Å²) in [7, 11) is 1.91. The number of benzene rings is 1. The van der Waals surface area contributed by atoms with Crippen LogP contribution in [0.15, 0.2) is 36.0 Å². The summed E-state index contributed by atoms with van der Waals surface area (Å²) >= 11 is 5.79. The van der Waals surface area contributed by atoms with Crippen LogP contribution >= 0.6 is 11.6 Å².